The molecule has 0 saturated heterocycles. The molecule has 2 heterocycles. The lowest BCUT2D eigenvalue weighted by Crippen LogP contribution is -2.16. The summed E-state index contributed by atoms with van der Waals surface area (Å²) in [6, 6.07) is 17.2. The number of carbonyl (C=O) groups is 2. The third-order valence-corrected chi connectivity index (χ3v) is 7.86. The highest BCUT2D eigenvalue weighted by Gasteiger charge is 2.29. The van der Waals surface area contributed by atoms with Gasteiger partial charge in [0, 0.05) is 15.8 Å². The van der Waals surface area contributed by atoms with Crippen LogP contribution >= 0.6 is 11.3 Å². The van der Waals surface area contributed by atoms with Gasteiger partial charge in [-0.2, -0.15) is 0 Å². The predicted molar refractivity (Wildman–Crippen MR) is 148 cm³/mol. The van der Waals surface area contributed by atoms with Crippen LogP contribution in [0.4, 0.5) is 5.00 Å². The first-order valence-electron chi connectivity index (χ1n) is 12.7. The van der Waals surface area contributed by atoms with E-state index in [-0.39, 0.29) is 5.91 Å². The highest BCUT2D eigenvalue weighted by molar-refractivity contribution is 7.17. The first-order valence-corrected chi connectivity index (χ1v) is 13.5. The van der Waals surface area contributed by atoms with Crippen molar-refractivity contribution >= 4 is 39.1 Å². The van der Waals surface area contributed by atoms with Crippen molar-refractivity contribution in [3.63, 3.8) is 0 Å². The molecular weight excluding hydrogens is 484 g/mol. The number of hydrogen-bond acceptors (Lipinski definition) is 6. The molecule has 5 rings (SSSR count). The summed E-state index contributed by atoms with van der Waals surface area (Å²) in [5.41, 5.74) is 4.26. The summed E-state index contributed by atoms with van der Waals surface area (Å²) >= 11 is 1.48. The molecule has 1 N–H and O–H groups in total. The van der Waals surface area contributed by atoms with Gasteiger partial charge in [-0.05, 0) is 61.4 Å². The number of carbonyl (C=O) groups excluding carboxylic acids is 2. The number of anilines is 1. The van der Waals surface area contributed by atoms with Crippen molar-refractivity contribution in [2.24, 2.45) is 5.92 Å². The monoisotopic (exact) mass is 514 g/mol. The van der Waals surface area contributed by atoms with E-state index in [9.17, 15) is 9.59 Å². The third kappa shape index (κ3) is 5.09. The van der Waals surface area contributed by atoms with Gasteiger partial charge < -0.3 is 14.8 Å². The molecule has 0 saturated carbocycles. The van der Waals surface area contributed by atoms with Gasteiger partial charge in [0.05, 0.1) is 36.1 Å². The fourth-order valence-corrected chi connectivity index (χ4v) is 6.20. The number of rotatable bonds is 7. The Morgan fingerprint density at radius 2 is 1.97 bits per heavy atom. The molecule has 0 aliphatic heterocycles. The van der Waals surface area contributed by atoms with Gasteiger partial charge in [-0.3, -0.25) is 4.79 Å². The number of para-hydroxylation sites is 1. The molecule has 2 aromatic heterocycles. The number of nitrogens with one attached hydrogen (secondary N) is 1. The molecule has 1 aliphatic carbocycles. The Labute approximate surface area is 220 Å². The molecule has 1 atom stereocenters. The lowest BCUT2D eigenvalue weighted by atomic mass is 9.88. The molecule has 4 aromatic rings. The molecule has 0 fully saturated rings. The zero-order chi connectivity index (χ0) is 25.9. The maximum atomic E-state index is 13.8. The van der Waals surface area contributed by atoms with Crippen LogP contribution in [0.1, 0.15) is 57.8 Å². The van der Waals surface area contributed by atoms with Crippen LogP contribution in [0.15, 0.2) is 54.6 Å². The molecule has 0 spiro atoms. The average Bonchev–Trinajstić information content (AvgIpc) is 3.27. The molecule has 0 bridgehead atoms. The zero-order valence-electron chi connectivity index (χ0n) is 21.3. The van der Waals surface area contributed by atoms with E-state index in [2.05, 4.69) is 19.2 Å². The van der Waals surface area contributed by atoms with E-state index in [4.69, 9.17) is 14.5 Å². The minimum Gasteiger partial charge on any atom is -0.494 e. The third-order valence-electron chi connectivity index (χ3n) is 6.69. The topological polar surface area (TPSA) is 77.5 Å². The number of methoxy groups -OCH3 is 1. The fourth-order valence-electron chi connectivity index (χ4n) is 4.80. The van der Waals surface area contributed by atoms with Gasteiger partial charge in [0.15, 0.2) is 0 Å². The molecular formula is C30H30N2O4S. The van der Waals surface area contributed by atoms with E-state index in [1.54, 1.807) is 0 Å². The van der Waals surface area contributed by atoms with Crippen LogP contribution in [0.25, 0.3) is 22.2 Å². The SMILES string of the molecule is CCCOc1cccc(-c2cc(C(=O)Nc3sc4c(c3C(=O)OC)CCC(C)C4)c3ccccc3n2)c1. The molecule has 1 aliphatic rings. The second kappa shape index (κ2) is 10.7. The van der Waals surface area contributed by atoms with Crippen molar-refractivity contribution in [3.8, 4) is 17.0 Å². The highest BCUT2D eigenvalue weighted by Crippen LogP contribution is 2.40. The summed E-state index contributed by atoms with van der Waals surface area (Å²) < 4.78 is 10.9. The number of benzene rings is 2. The van der Waals surface area contributed by atoms with E-state index < -0.39 is 5.97 Å². The number of aromatic nitrogens is 1. The molecule has 2 aromatic carbocycles. The van der Waals surface area contributed by atoms with Crippen LogP contribution < -0.4 is 10.1 Å². The van der Waals surface area contributed by atoms with Gasteiger partial charge in [-0.1, -0.05) is 44.2 Å². The number of pyridine rings is 1. The minimum absolute atomic E-state index is 0.282. The molecule has 1 unspecified atom stereocenters. The molecule has 37 heavy (non-hydrogen) atoms. The number of fused-ring (bicyclic) bond motifs is 2. The van der Waals surface area contributed by atoms with Gasteiger partial charge in [0.25, 0.3) is 5.91 Å². The van der Waals surface area contributed by atoms with Gasteiger partial charge in [0.2, 0.25) is 0 Å². The number of ether oxygens (including phenoxy) is 2. The smallest absolute Gasteiger partial charge is 0.341 e. The zero-order valence-corrected chi connectivity index (χ0v) is 22.1. The Morgan fingerprint density at radius 3 is 2.78 bits per heavy atom. The van der Waals surface area contributed by atoms with Crippen molar-refractivity contribution in [2.45, 2.75) is 39.5 Å². The van der Waals surface area contributed by atoms with Crippen LogP contribution in [-0.4, -0.2) is 30.6 Å². The van der Waals surface area contributed by atoms with Gasteiger partial charge in [0.1, 0.15) is 10.8 Å². The Bertz CT molecular complexity index is 1480. The molecule has 190 valence electrons. The minimum atomic E-state index is -0.411. The van der Waals surface area contributed by atoms with Gasteiger partial charge in [-0.25, -0.2) is 9.78 Å². The van der Waals surface area contributed by atoms with Crippen LogP contribution in [-0.2, 0) is 17.6 Å². The van der Waals surface area contributed by atoms with E-state index in [0.29, 0.717) is 34.3 Å². The predicted octanol–water partition coefficient (Wildman–Crippen LogP) is 6.92. The number of hydrogen-bond donors (Lipinski definition) is 1. The number of thiophene rings is 1. The number of amides is 1. The van der Waals surface area contributed by atoms with Gasteiger partial charge >= 0.3 is 5.97 Å². The van der Waals surface area contributed by atoms with Crippen LogP contribution in [0.5, 0.6) is 5.75 Å². The number of esters is 1. The summed E-state index contributed by atoms with van der Waals surface area (Å²) in [5, 5.41) is 4.35. The fraction of sp³-hybridized carbons (Fsp3) is 0.300. The second-order valence-electron chi connectivity index (χ2n) is 9.45. The first-order chi connectivity index (χ1) is 18.0. The lowest BCUT2D eigenvalue weighted by molar-refractivity contribution is 0.0601. The Hall–Kier alpha value is -3.71. The maximum Gasteiger partial charge on any atom is 0.341 e. The normalized spacial score (nSPS) is 14.7. The lowest BCUT2D eigenvalue weighted by Gasteiger charge is -2.18. The summed E-state index contributed by atoms with van der Waals surface area (Å²) in [4.78, 5) is 32.5. The van der Waals surface area contributed by atoms with Gasteiger partial charge in [-0.15, -0.1) is 11.3 Å². The highest BCUT2D eigenvalue weighted by atomic mass is 32.1. The summed E-state index contributed by atoms with van der Waals surface area (Å²) in [5.74, 6) is 0.618. The van der Waals surface area contributed by atoms with E-state index in [1.165, 1.54) is 18.4 Å². The molecule has 7 heteroatoms. The summed E-state index contributed by atoms with van der Waals surface area (Å²) in [7, 11) is 1.38. The number of nitrogens with zero attached hydrogens (tertiary/aromatic N) is 1. The molecule has 0 radical (unpaired) electrons. The van der Waals surface area contributed by atoms with Crippen molar-refractivity contribution in [3.05, 3.63) is 76.2 Å². The average molecular weight is 515 g/mol. The van der Waals surface area contributed by atoms with Crippen molar-refractivity contribution in [2.75, 3.05) is 19.0 Å². The summed E-state index contributed by atoms with van der Waals surface area (Å²) in [6.45, 7) is 4.91. The Balaban J connectivity index is 1.55. The maximum absolute atomic E-state index is 13.8. The van der Waals surface area contributed by atoms with E-state index in [1.807, 2.05) is 54.6 Å². The van der Waals surface area contributed by atoms with Crippen molar-refractivity contribution < 1.29 is 19.1 Å². The quantitative estimate of drug-likeness (QED) is 0.271. The Kier molecular flexibility index (Phi) is 7.24. The first kappa shape index (κ1) is 25.0. The van der Waals surface area contributed by atoms with Crippen molar-refractivity contribution in [1.29, 1.82) is 0 Å². The second-order valence-corrected chi connectivity index (χ2v) is 10.6. The van der Waals surface area contributed by atoms with Crippen LogP contribution in [0, 0.1) is 5.92 Å². The van der Waals surface area contributed by atoms with Crippen LogP contribution in [0.3, 0.4) is 0 Å². The standard InChI is InChI=1S/C30H30N2O4S/c1-4-14-36-20-9-7-8-19(16-20)25-17-23(21-10-5-6-11-24(21)31-25)28(33)32-29-27(30(34)35-3)22-13-12-18(2)15-26(22)37-29/h5-11,16-18H,4,12-15H2,1-3H3,(H,32,33). The molecule has 1 amide bonds. The Morgan fingerprint density at radius 1 is 1.14 bits per heavy atom. The molecule has 6 nitrogen and oxygen atoms in total. The van der Waals surface area contributed by atoms with Crippen molar-refractivity contribution in [1.82, 2.24) is 4.98 Å². The van der Waals surface area contributed by atoms with Crippen LogP contribution in [0.2, 0.25) is 0 Å². The summed E-state index contributed by atoms with van der Waals surface area (Å²) in [6.07, 6.45) is 3.65. The van der Waals surface area contributed by atoms with E-state index >= 15 is 0 Å². The van der Waals surface area contributed by atoms with E-state index in [0.717, 1.165) is 58.3 Å². The largest absolute Gasteiger partial charge is 0.494 e.